The van der Waals surface area contributed by atoms with Gasteiger partial charge in [-0.1, -0.05) is 0 Å². The van der Waals surface area contributed by atoms with E-state index < -0.39 is 6.51 Å². The summed E-state index contributed by atoms with van der Waals surface area (Å²) in [5, 5.41) is 0.761. The Morgan fingerprint density at radius 3 is 2.05 bits per heavy atom. The van der Waals surface area contributed by atoms with Crippen LogP contribution in [0.4, 0.5) is 0 Å². The van der Waals surface area contributed by atoms with Crippen molar-refractivity contribution in [3.8, 4) is 0 Å². The van der Waals surface area contributed by atoms with E-state index in [1.54, 1.807) is 0 Å². The summed E-state index contributed by atoms with van der Waals surface area (Å²) in [6, 6.07) is 7.88. The van der Waals surface area contributed by atoms with Crippen molar-refractivity contribution in [1.29, 1.82) is 0 Å². The molecular formula is C19H15ClFeO. The van der Waals surface area contributed by atoms with Gasteiger partial charge in [0.25, 0.3) is 0 Å². The molecule has 10 aliphatic heterocycles. The van der Waals surface area contributed by atoms with Gasteiger partial charge in [0.1, 0.15) is 0 Å². The molecule has 0 bridgehead atoms. The molecule has 112 valence electrons. The van der Waals surface area contributed by atoms with Crippen molar-refractivity contribution in [2.75, 3.05) is 0 Å². The molecule has 1 spiro atoms. The summed E-state index contributed by atoms with van der Waals surface area (Å²) in [5.41, 5.74) is 1.00. The van der Waals surface area contributed by atoms with Gasteiger partial charge in [-0.2, -0.15) is 0 Å². The van der Waals surface area contributed by atoms with Crippen LogP contribution in [-0.2, 0) is 11.3 Å². The normalized spacial score (nSPS) is 94.9. The Kier molecular flexibility index (Phi) is 0.372. The van der Waals surface area contributed by atoms with Gasteiger partial charge in [0.2, 0.25) is 0 Å². The van der Waals surface area contributed by atoms with Gasteiger partial charge in [-0.25, -0.2) is 0 Å². The molecule has 10 saturated heterocycles. The molecule has 0 N–H and O–H groups in total. The van der Waals surface area contributed by atoms with Crippen LogP contribution in [0.1, 0.15) is 5.56 Å². The van der Waals surface area contributed by atoms with Crippen molar-refractivity contribution in [3.05, 3.63) is 40.9 Å². The fourth-order valence-electron chi connectivity index (χ4n) is 17.8. The first-order valence-corrected chi connectivity index (χ1v) is 15.3. The Bertz CT molecular complexity index is 1260. The molecule has 1 aromatic rings. The van der Waals surface area contributed by atoms with E-state index in [1.165, 1.54) is 33.7 Å². The molecule has 0 aliphatic carbocycles. The summed E-state index contributed by atoms with van der Waals surface area (Å²) >= 11 is 6.25. The van der Waals surface area contributed by atoms with Crippen LogP contribution < -0.4 is 0 Å². The van der Waals surface area contributed by atoms with Crippen molar-refractivity contribution in [2.45, 2.75) is 47.7 Å². The molecule has 0 amide bonds. The molecule has 1 aromatic carbocycles. The average Bonchev–Trinajstić information content (AvgIpc) is 3.46. The van der Waals surface area contributed by atoms with Gasteiger partial charge < -0.3 is 0 Å². The minimum absolute atomic E-state index is 0.358. The predicted octanol–water partition coefficient (Wildman–Crippen LogP) is 5.68. The quantitative estimate of drug-likeness (QED) is 0.506. The number of halogens is 1. The molecule has 11 rings (SSSR count). The monoisotopic (exact) mass is 350 g/mol. The second kappa shape index (κ2) is 0.904. The number of benzene rings is 1. The number of ketones is 1. The van der Waals surface area contributed by atoms with Crippen molar-refractivity contribution < 1.29 is 11.3 Å². The number of rotatable bonds is 3. The number of hydrogen-bond acceptors (Lipinski definition) is 1. The summed E-state index contributed by atoms with van der Waals surface area (Å²) in [5.74, 6) is 0.582. The molecule has 0 radical (unpaired) electrons. The zero-order valence-electron chi connectivity index (χ0n) is 11.8. The maximum atomic E-state index is 13.4. The van der Waals surface area contributed by atoms with E-state index in [0.717, 1.165) is 20.2 Å². The Morgan fingerprint density at radius 1 is 1.00 bits per heavy atom. The molecule has 22 heavy (non-hydrogen) atoms. The topological polar surface area (TPSA) is 17.1 Å². The van der Waals surface area contributed by atoms with Crippen molar-refractivity contribution >= 4 is 23.5 Å². The molecule has 10 aliphatic rings. The van der Waals surface area contributed by atoms with Gasteiger partial charge in [-0.3, -0.25) is 0 Å². The van der Waals surface area contributed by atoms with E-state index in [9.17, 15) is 4.79 Å². The molecular weight excluding hydrogens is 336 g/mol. The molecule has 1 nitrogen and oxygen atoms in total. The number of carbonyl (C=O) groups excluding carboxylic acids is 1. The fourth-order valence-corrected chi connectivity index (χ4v) is 91.8. The molecule has 10 heterocycles. The Morgan fingerprint density at radius 2 is 1.59 bits per heavy atom. The minimum atomic E-state index is -3.24. The van der Waals surface area contributed by atoms with Crippen LogP contribution in [0.25, 0.3) is 6.08 Å². The third kappa shape index (κ3) is 0.120. The third-order valence-corrected chi connectivity index (χ3v) is 59.0. The van der Waals surface area contributed by atoms with Crippen molar-refractivity contribution in [1.82, 2.24) is 0 Å². The molecule has 10 fully saturated rings. The summed E-state index contributed by atoms with van der Waals surface area (Å²) in [6.45, 7) is -3.24. The molecule has 3 heteroatoms. The first kappa shape index (κ1) is 9.06. The summed E-state index contributed by atoms with van der Waals surface area (Å²) in [6.07, 6.45) is 3.97. The predicted molar refractivity (Wildman–Crippen MR) is 81.9 cm³/mol. The van der Waals surface area contributed by atoms with Crippen LogP contribution in [-0.4, -0.2) is 5.78 Å². The van der Waals surface area contributed by atoms with Crippen LogP contribution in [0.3, 0.4) is 0 Å². The van der Waals surface area contributed by atoms with Crippen LogP contribution >= 0.6 is 11.6 Å². The number of allylic oxidation sites excluding steroid dienone is 1. The number of carbonyl (C=O) groups is 1. The van der Waals surface area contributed by atoms with E-state index in [4.69, 9.17) is 11.6 Å². The Labute approximate surface area is 123 Å². The molecule has 4 atom stereocenters. The van der Waals surface area contributed by atoms with E-state index in [1.807, 2.05) is 36.4 Å². The summed E-state index contributed by atoms with van der Waals surface area (Å²) < 4.78 is 0.358. The van der Waals surface area contributed by atoms with E-state index in [2.05, 4.69) is 0 Å². The fraction of sp³-hybridized carbons (Fsp3) is 0.526. The summed E-state index contributed by atoms with van der Waals surface area (Å²) in [4.78, 5) is 24.1. The average molecular weight is 351 g/mol. The van der Waals surface area contributed by atoms with E-state index in [0.29, 0.717) is 10.1 Å². The molecule has 4 unspecified atom stereocenters. The van der Waals surface area contributed by atoms with Crippen LogP contribution in [0.15, 0.2) is 30.3 Å². The van der Waals surface area contributed by atoms with Gasteiger partial charge in [0, 0.05) is 0 Å². The SMILES string of the molecule is O=C(C=Cc1ccccc1Cl)[C]12[CH]3[CH]4[CH]5[CH]1[Fe]45321678[CH]2[CH]1[CH]6[CH]7[CH]28. The number of fused-ring (bicyclic) bond motifs is 10. The maximum absolute atomic E-state index is 13.4. The van der Waals surface area contributed by atoms with E-state index >= 15 is 0 Å². The molecule has 0 saturated carbocycles. The zero-order valence-corrected chi connectivity index (χ0v) is 13.7. The number of hydrogen-bond donors (Lipinski definition) is 0. The first-order valence-electron chi connectivity index (χ1n) is 8.64. The van der Waals surface area contributed by atoms with Gasteiger partial charge >= 0.3 is 123 Å². The van der Waals surface area contributed by atoms with Gasteiger partial charge in [-0.15, -0.1) is 0 Å². The van der Waals surface area contributed by atoms with Gasteiger partial charge in [-0.05, 0) is 0 Å². The third-order valence-electron chi connectivity index (χ3n) is 16.4. The second-order valence-corrected chi connectivity index (χ2v) is 35.9. The van der Waals surface area contributed by atoms with Crippen LogP contribution in [0, 0.1) is 0 Å². The van der Waals surface area contributed by atoms with Crippen molar-refractivity contribution in [3.63, 3.8) is 0 Å². The van der Waals surface area contributed by atoms with Crippen LogP contribution in [0.5, 0.6) is 0 Å². The molecule has 0 aromatic heterocycles. The van der Waals surface area contributed by atoms with Gasteiger partial charge in [0.15, 0.2) is 0 Å². The zero-order chi connectivity index (χ0) is 14.0. The first-order chi connectivity index (χ1) is 10.5. The van der Waals surface area contributed by atoms with Crippen molar-refractivity contribution in [2.24, 2.45) is 0 Å². The Hall–Kier alpha value is -0.561. The Balaban J connectivity index is 1.20. The summed E-state index contributed by atoms with van der Waals surface area (Å²) in [7, 11) is 0. The van der Waals surface area contributed by atoms with E-state index in [-0.39, 0.29) is 0 Å². The second-order valence-electron chi connectivity index (χ2n) is 11.9. The standard InChI is InChI=1S/C14H10ClO.C5H5.Fe/c15-13-8-4-3-5-11(13)9-10-14(16)12-6-1-2-7-12;1-2-4-5-3-1;/h1-10H;1-5H;. The van der Waals surface area contributed by atoms with Crippen LogP contribution in [0.2, 0.25) is 52.7 Å². The van der Waals surface area contributed by atoms with Gasteiger partial charge in [0.05, 0.1) is 0 Å².